The number of ether oxygens (including phenoxy) is 1. The molecule has 276 valence electrons. The van der Waals surface area contributed by atoms with Gasteiger partial charge in [0.1, 0.15) is 6.10 Å². The quantitative estimate of drug-likeness (QED) is 0.0693. The summed E-state index contributed by atoms with van der Waals surface area (Å²) in [6.45, 7) is 17.1. The SMILES string of the molecule is CCCCCCCCCCCCCCCCCC(=O)O[C@H]1CC[C@@]2(C)C(=CC[C@H]3[C@@H]4CC[C@H]([C@H](C)/C=C/[C@H](C)C(C)C)[C@@]4(C)CC[C@@H]32)C1. The lowest BCUT2D eigenvalue weighted by Crippen LogP contribution is -2.51. The zero-order valence-corrected chi connectivity index (χ0v) is 33.1. The van der Waals surface area contributed by atoms with E-state index in [1.54, 1.807) is 5.57 Å². The molecule has 4 aliphatic carbocycles. The van der Waals surface area contributed by atoms with Gasteiger partial charge in [-0.05, 0) is 104 Å². The molecule has 0 unspecified atom stereocenters. The molecule has 0 radical (unpaired) electrons. The van der Waals surface area contributed by atoms with Crippen LogP contribution in [0.5, 0.6) is 0 Å². The smallest absolute Gasteiger partial charge is 0.306 e. The molecule has 0 amide bonds. The minimum atomic E-state index is 0.0592. The molecular formula is C46H80O2. The summed E-state index contributed by atoms with van der Waals surface area (Å²) in [5, 5.41) is 0. The molecule has 0 saturated heterocycles. The third-order valence-electron chi connectivity index (χ3n) is 14.8. The minimum Gasteiger partial charge on any atom is -0.462 e. The third kappa shape index (κ3) is 10.5. The molecule has 4 rings (SSSR count). The van der Waals surface area contributed by atoms with Gasteiger partial charge in [-0.15, -0.1) is 0 Å². The van der Waals surface area contributed by atoms with E-state index in [-0.39, 0.29) is 12.1 Å². The monoisotopic (exact) mass is 665 g/mol. The van der Waals surface area contributed by atoms with Gasteiger partial charge in [0.25, 0.3) is 0 Å². The standard InChI is InChI=1S/C46H80O2/c1-8-9-10-11-12-13-14-15-16-17-18-19-20-21-22-23-44(47)48-39-30-32-45(6)38(34-39)26-27-40-42-29-28-41(46(42,7)33-31-43(40)45)37(5)25-24-36(4)35(2)3/h24-26,35-37,39-43H,8-23,27-34H2,1-7H3/b25-24+/t36-,37+,39-,40-,41+,42-,43-,45-,46+/m0/s1. The summed E-state index contributed by atoms with van der Waals surface area (Å²) < 4.78 is 6.13. The average Bonchev–Trinajstić information content (AvgIpc) is 3.42. The maximum atomic E-state index is 12.8. The van der Waals surface area contributed by atoms with Crippen molar-refractivity contribution in [3.05, 3.63) is 23.8 Å². The van der Waals surface area contributed by atoms with E-state index in [2.05, 4.69) is 66.7 Å². The Morgan fingerprint density at radius 1 is 0.771 bits per heavy atom. The second kappa shape index (κ2) is 19.5. The molecule has 4 aliphatic rings. The average molecular weight is 665 g/mol. The van der Waals surface area contributed by atoms with E-state index in [1.807, 2.05) is 0 Å². The Bertz CT molecular complexity index is 1010. The van der Waals surface area contributed by atoms with Crippen molar-refractivity contribution in [2.45, 2.75) is 209 Å². The summed E-state index contributed by atoms with van der Waals surface area (Å²) in [7, 11) is 0. The van der Waals surface area contributed by atoms with Crippen molar-refractivity contribution in [1.82, 2.24) is 0 Å². The highest BCUT2D eigenvalue weighted by Crippen LogP contribution is 2.67. The normalized spacial score (nSPS) is 32.8. The maximum Gasteiger partial charge on any atom is 0.306 e. The van der Waals surface area contributed by atoms with Crippen LogP contribution in [0.4, 0.5) is 0 Å². The largest absolute Gasteiger partial charge is 0.462 e. The van der Waals surface area contributed by atoms with E-state index >= 15 is 0 Å². The van der Waals surface area contributed by atoms with Crippen LogP contribution < -0.4 is 0 Å². The van der Waals surface area contributed by atoms with Crippen molar-refractivity contribution < 1.29 is 9.53 Å². The minimum absolute atomic E-state index is 0.0592. The Labute approximate surface area is 299 Å². The van der Waals surface area contributed by atoms with Gasteiger partial charge in [0.05, 0.1) is 0 Å². The fraction of sp³-hybridized carbons (Fsp3) is 0.891. The van der Waals surface area contributed by atoms with Crippen molar-refractivity contribution in [3.8, 4) is 0 Å². The molecule has 0 heterocycles. The van der Waals surface area contributed by atoms with E-state index in [9.17, 15) is 4.79 Å². The molecule has 48 heavy (non-hydrogen) atoms. The molecule has 0 aromatic heterocycles. The predicted octanol–water partition coefficient (Wildman–Crippen LogP) is 14.2. The molecule has 0 aliphatic heterocycles. The van der Waals surface area contributed by atoms with Crippen molar-refractivity contribution in [2.75, 3.05) is 0 Å². The van der Waals surface area contributed by atoms with E-state index in [0.717, 1.165) is 48.9 Å². The Hall–Kier alpha value is -1.05. The van der Waals surface area contributed by atoms with Crippen LogP contribution in [0.25, 0.3) is 0 Å². The highest BCUT2D eigenvalue weighted by Gasteiger charge is 2.59. The highest BCUT2D eigenvalue weighted by molar-refractivity contribution is 5.69. The fourth-order valence-corrected chi connectivity index (χ4v) is 11.2. The molecule has 0 aromatic rings. The predicted molar refractivity (Wildman–Crippen MR) is 207 cm³/mol. The van der Waals surface area contributed by atoms with Gasteiger partial charge in [-0.3, -0.25) is 4.79 Å². The van der Waals surface area contributed by atoms with Gasteiger partial charge in [0.2, 0.25) is 0 Å². The first-order valence-electron chi connectivity index (χ1n) is 21.7. The summed E-state index contributed by atoms with van der Waals surface area (Å²) in [6, 6.07) is 0. The van der Waals surface area contributed by atoms with Crippen LogP contribution >= 0.6 is 0 Å². The third-order valence-corrected chi connectivity index (χ3v) is 14.8. The van der Waals surface area contributed by atoms with Gasteiger partial charge in [0.15, 0.2) is 0 Å². The Morgan fingerprint density at radius 2 is 1.38 bits per heavy atom. The first kappa shape index (κ1) is 39.7. The number of esters is 1. The van der Waals surface area contributed by atoms with Gasteiger partial charge in [-0.25, -0.2) is 0 Å². The molecule has 0 N–H and O–H groups in total. The van der Waals surface area contributed by atoms with Crippen molar-refractivity contribution in [1.29, 1.82) is 0 Å². The summed E-state index contributed by atoms with van der Waals surface area (Å²) in [5.74, 6) is 5.49. The van der Waals surface area contributed by atoms with Crippen LogP contribution in [0.3, 0.4) is 0 Å². The zero-order valence-electron chi connectivity index (χ0n) is 33.1. The molecule has 9 atom stereocenters. The molecule has 3 saturated carbocycles. The maximum absolute atomic E-state index is 12.8. The van der Waals surface area contributed by atoms with Crippen LogP contribution in [0.2, 0.25) is 0 Å². The van der Waals surface area contributed by atoms with Gasteiger partial charge >= 0.3 is 5.97 Å². The highest BCUT2D eigenvalue weighted by atomic mass is 16.5. The van der Waals surface area contributed by atoms with Gasteiger partial charge in [0, 0.05) is 12.8 Å². The number of hydrogen-bond acceptors (Lipinski definition) is 2. The summed E-state index contributed by atoms with van der Waals surface area (Å²) in [6.07, 6.45) is 38.9. The van der Waals surface area contributed by atoms with Crippen molar-refractivity contribution >= 4 is 5.97 Å². The van der Waals surface area contributed by atoms with E-state index in [0.29, 0.717) is 29.1 Å². The van der Waals surface area contributed by atoms with Gasteiger partial charge in [-0.1, -0.05) is 162 Å². The van der Waals surface area contributed by atoms with Crippen molar-refractivity contribution in [3.63, 3.8) is 0 Å². The first-order valence-corrected chi connectivity index (χ1v) is 21.7. The number of hydrogen-bond donors (Lipinski definition) is 0. The number of fused-ring (bicyclic) bond motifs is 5. The molecule has 0 spiro atoms. The lowest BCUT2D eigenvalue weighted by atomic mass is 9.47. The Balaban J connectivity index is 1.12. The number of carbonyl (C=O) groups excluding carboxylic acids is 1. The molecule has 3 fully saturated rings. The number of rotatable bonds is 21. The van der Waals surface area contributed by atoms with Crippen LogP contribution in [0.1, 0.15) is 203 Å². The van der Waals surface area contributed by atoms with Gasteiger partial charge < -0.3 is 4.74 Å². The van der Waals surface area contributed by atoms with Crippen LogP contribution in [0, 0.1) is 52.3 Å². The number of allylic oxidation sites excluding steroid dienone is 3. The first-order chi connectivity index (χ1) is 23.1. The molecular weight excluding hydrogens is 585 g/mol. The zero-order chi connectivity index (χ0) is 34.6. The van der Waals surface area contributed by atoms with Crippen LogP contribution in [0.15, 0.2) is 23.8 Å². The second-order valence-electron chi connectivity index (χ2n) is 18.4. The number of unbranched alkanes of at least 4 members (excludes halogenated alkanes) is 14. The van der Waals surface area contributed by atoms with Crippen molar-refractivity contribution in [2.24, 2.45) is 52.3 Å². The summed E-state index contributed by atoms with van der Waals surface area (Å²) >= 11 is 0. The second-order valence-corrected chi connectivity index (χ2v) is 18.4. The fourth-order valence-electron chi connectivity index (χ4n) is 11.2. The topological polar surface area (TPSA) is 26.3 Å². The molecule has 2 heteroatoms. The van der Waals surface area contributed by atoms with Crippen LogP contribution in [-0.4, -0.2) is 12.1 Å². The van der Waals surface area contributed by atoms with E-state index in [4.69, 9.17) is 4.74 Å². The molecule has 0 aromatic carbocycles. The molecule has 0 bridgehead atoms. The van der Waals surface area contributed by atoms with Crippen LogP contribution in [-0.2, 0) is 9.53 Å². The lowest BCUT2D eigenvalue weighted by molar-refractivity contribution is -0.151. The van der Waals surface area contributed by atoms with Gasteiger partial charge in [-0.2, -0.15) is 0 Å². The lowest BCUT2D eigenvalue weighted by Gasteiger charge is -2.58. The Kier molecular flexibility index (Phi) is 16.2. The molecule has 2 nitrogen and oxygen atoms in total. The summed E-state index contributed by atoms with van der Waals surface area (Å²) in [4.78, 5) is 12.8. The number of carbonyl (C=O) groups is 1. The summed E-state index contributed by atoms with van der Waals surface area (Å²) in [5.41, 5.74) is 2.45. The van der Waals surface area contributed by atoms with E-state index < -0.39 is 0 Å². The van der Waals surface area contributed by atoms with E-state index in [1.165, 1.54) is 128 Å². The Morgan fingerprint density at radius 3 is 1.98 bits per heavy atom.